The van der Waals surface area contributed by atoms with Crippen molar-refractivity contribution >= 4 is 33.4 Å². The number of aryl methyl sites for hydroxylation is 1. The molecule has 2 amide bonds. The quantitative estimate of drug-likeness (QED) is 0.774. The second kappa shape index (κ2) is 7.70. The Hall–Kier alpha value is -2.34. The van der Waals surface area contributed by atoms with Gasteiger partial charge in [0, 0.05) is 17.3 Å². The van der Waals surface area contributed by atoms with Gasteiger partial charge in [0.05, 0.1) is 4.47 Å². The molecule has 0 atom stereocenters. The van der Waals surface area contributed by atoms with E-state index in [9.17, 15) is 9.59 Å². The molecule has 0 radical (unpaired) electrons. The molecule has 1 aliphatic carbocycles. The first-order valence-corrected chi connectivity index (χ1v) is 8.90. The number of nitrogens with one attached hydrogen (secondary N) is 2. The molecule has 0 unspecified atom stereocenters. The molecule has 3 rings (SSSR count). The molecule has 2 aromatic carbocycles. The highest BCUT2D eigenvalue weighted by Crippen LogP contribution is 2.25. The summed E-state index contributed by atoms with van der Waals surface area (Å²) < 4.78 is 6.33. The average molecular weight is 403 g/mol. The fourth-order valence-electron chi connectivity index (χ4n) is 2.26. The van der Waals surface area contributed by atoms with Crippen molar-refractivity contribution < 1.29 is 14.3 Å². The zero-order valence-corrected chi connectivity index (χ0v) is 15.4. The molecule has 0 spiro atoms. The number of halogens is 1. The molecule has 25 heavy (non-hydrogen) atoms. The normalized spacial score (nSPS) is 13.2. The molecule has 5 nitrogen and oxygen atoms in total. The Balaban J connectivity index is 1.51. The van der Waals surface area contributed by atoms with Gasteiger partial charge in [0.15, 0.2) is 6.61 Å². The number of rotatable bonds is 6. The molecule has 0 aliphatic heterocycles. The monoisotopic (exact) mass is 402 g/mol. The fraction of sp³-hybridized carbons (Fsp3) is 0.263. The molecule has 2 aromatic rings. The molecule has 0 saturated heterocycles. The van der Waals surface area contributed by atoms with Crippen molar-refractivity contribution in [2.45, 2.75) is 25.8 Å². The fourth-order valence-corrected chi connectivity index (χ4v) is 2.87. The molecule has 1 fully saturated rings. The number of carbonyl (C=O) groups excluding carboxylic acids is 2. The summed E-state index contributed by atoms with van der Waals surface area (Å²) in [7, 11) is 0. The van der Waals surface area contributed by atoms with Crippen LogP contribution in [0.25, 0.3) is 0 Å². The smallest absolute Gasteiger partial charge is 0.262 e. The maximum absolute atomic E-state index is 12.0. The highest BCUT2D eigenvalue weighted by atomic mass is 79.9. The van der Waals surface area contributed by atoms with Gasteiger partial charge in [-0.25, -0.2) is 0 Å². The first kappa shape index (κ1) is 17.5. The SMILES string of the molecule is Cc1ccc(OCC(=O)Nc2ccc(C(=O)NC3CC3)cc2)c(Br)c1. The Morgan fingerprint density at radius 2 is 1.88 bits per heavy atom. The Labute approximate surface area is 154 Å². The van der Waals surface area contributed by atoms with Crippen LogP contribution in [-0.2, 0) is 4.79 Å². The minimum absolute atomic E-state index is 0.0760. The van der Waals surface area contributed by atoms with Crippen LogP contribution in [0.1, 0.15) is 28.8 Å². The van der Waals surface area contributed by atoms with Crippen LogP contribution in [0, 0.1) is 6.92 Å². The maximum atomic E-state index is 12.0. The zero-order chi connectivity index (χ0) is 17.8. The molecule has 2 N–H and O–H groups in total. The summed E-state index contributed by atoms with van der Waals surface area (Å²) >= 11 is 3.41. The minimum Gasteiger partial charge on any atom is -0.483 e. The van der Waals surface area contributed by atoms with E-state index in [0.717, 1.165) is 22.9 Å². The second-order valence-electron chi connectivity index (χ2n) is 6.10. The molecule has 6 heteroatoms. The van der Waals surface area contributed by atoms with Gasteiger partial charge in [0.25, 0.3) is 11.8 Å². The van der Waals surface area contributed by atoms with Crippen molar-refractivity contribution in [1.82, 2.24) is 5.32 Å². The van der Waals surface area contributed by atoms with E-state index >= 15 is 0 Å². The van der Waals surface area contributed by atoms with Crippen LogP contribution in [-0.4, -0.2) is 24.5 Å². The van der Waals surface area contributed by atoms with E-state index in [1.54, 1.807) is 24.3 Å². The number of anilines is 1. The highest BCUT2D eigenvalue weighted by Gasteiger charge is 2.23. The van der Waals surface area contributed by atoms with Crippen LogP contribution in [0.2, 0.25) is 0 Å². The van der Waals surface area contributed by atoms with Gasteiger partial charge in [-0.15, -0.1) is 0 Å². The molecule has 0 bridgehead atoms. The lowest BCUT2D eigenvalue weighted by molar-refractivity contribution is -0.118. The van der Waals surface area contributed by atoms with E-state index in [2.05, 4.69) is 26.6 Å². The van der Waals surface area contributed by atoms with Crippen molar-refractivity contribution in [3.8, 4) is 5.75 Å². The number of hydrogen-bond donors (Lipinski definition) is 2. The van der Waals surface area contributed by atoms with Gasteiger partial charge in [-0.1, -0.05) is 6.07 Å². The highest BCUT2D eigenvalue weighted by molar-refractivity contribution is 9.10. The van der Waals surface area contributed by atoms with Crippen LogP contribution in [0.15, 0.2) is 46.9 Å². The van der Waals surface area contributed by atoms with E-state index in [-0.39, 0.29) is 18.4 Å². The topological polar surface area (TPSA) is 67.4 Å². The largest absolute Gasteiger partial charge is 0.483 e. The molecule has 1 aliphatic rings. The van der Waals surface area contributed by atoms with E-state index < -0.39 is 0 Å². The third kappa shape index (κ3) is 5.06. The Morgan fingerprint density at radius 3 is 2.52 bits per heavy atom. The summed E-state index contributed by atoms with van der Waals surface area (Å²) in [6.07, 6.45) is 2.11. The lowest BCUT2D eigenvalue weighted by Gasteiger charge is -2.10. The van der Waals surface area contributed by atoms with Gasteiger partial charge in [-0.3, -0.25) is 9.59 Å². The molecular weight excluding hydrogens is 384 g/mol. The first-order chi connectivity index (χ1) is 12.0. The van der Waals surface area contributed by atoms with Gasteiger partial charge in [-0.2, -0.15) is 0 Å². The predicted molar refractivity (Wildman–Crippen MR) is 99.9 cm³/mol. The standard InChI is InChI=1S/C19H19BrN2O3/c1-12-2-9-17(16(20)10-12)25-11-18(23)21-14-5-3-13(4-6-14)19(24)22-15-7-8-15/h2-6,9-10,15H,7-8,11H2,1H3,(H,21,23)(H,22,24). The summed E-state index contributed by atoms with van der Waals surface area (Å²) in [4.78, 5) is 23.9. The van der Waals surface area contributed by atoms with Gasteiger partial charge in [0.1, 0.15) is 5.75 Å². The predicted octanol–water partition coefficient (Wildman–Crippen LogP) is 3.67. The molecule has 0 aromatic heterocycles. The minimum atomic E-state index is -0.261. The summed E-state index contributed by atoms with van der Waals surface area (Å²) in [5, 5.41) is 5.68. The van der Waals surface area contributed by atoms with Crippen LogP contribution in [0.4, 0.5) is 5.69 Å². The van der Waals surface area contributed by atoms with Gasteiger partial charge in [0.2, 0.25) is 0 Å². The summed E-state index contributed by atoms with van der Waals surface area (Å²) in [5.41, 5.74) is 2.32. The van der Waals surface area contributed by atoms with Crippen molar-refractivity contribution in [3.05, 3.63) is 58.1 Å². The maximum Gasteiger partial charge on any atom is 0.262 e. The van der Waals surface area contributed by atoms with Crippen LogP contribution >= 0.6 is 15.9 Å². The third-order valence-electron chi connectivity index (χ3n) is 3.79. The average Bonchev–Trinajstić information content (AvgIpc) is 3.38. The van der Waals surface area contributed by atoms with E-state index in [4.69, 9.17) is 4.74 Å². The van der Waals surface area contributed by atoms with Crippen molar-refractivity contribution in [2.24, 2.45) is 0 Å². The summed E-state index contributed by atoms with van der Waals surface area (Å²) in [6.45, 7) is 1.89. The second-order valence-corrected chi connectivity index (χ2v) is 6.95. The first-order valence-electron chi connectivity index (χ1n) is 8.11. The Kier molecular flexibility index (Phi) is 5.38. The van der Waals surface area contributed by atoms with Crippen molar-refractivity contribution in [2.75, 3.05) is 11.9 Å². The van der Waals surface area contributed by atoms with Crippen LogP contribution in [0.3, 0.4) is 0 Å². The van der Waals surface area contributed by atoms with E-state index in [0.29, 0.717) is 23.0 Å². The van der Waals surface area contributed by atoms with Gasteiger partial charge < -0.3 is 15.4 Å². The number of amides is 2. The number of ether oxygens (including phenoxy) is 1. The van der Waals surface area contributed by atoms with Crippen molar-refractivity contribution in [1.29, 1.82) is 0 Å². The molecule has 0 heterocycles. The van der Waals surface area contributed by atoms with Crippen molar-refractivity contribution in [3.63, 3.8) is 0 Å². The van der Waals surface area contributed by atoms with E-state index in [1.807, 2.05) is 25.1 Å². The summed E-state index contributed by atoms with van der Waals surface area (Å²) in [5.74, 6) is 0.281. The summed E-state index contributed by atoms with van der Waals surface area (Å²) in [6, 6.07) is 12.8. The van der Waals surface area contributed by atoms with Crippen LogP contribution in [0.5, 0.6) is 5.75 Å². The Bertz CT molecular complexity index is 786. The number of benzene rings is 2. The van der Waals surface area contributed by atoms with E-state index in [1.165, 1.54) is 0 Å². The van der Waals surface area contributed by atoms with Gasteiger partial charge >= 0.3 is 0 Å². The lowest BCUT2D eigenvalue weighted by Crippen LogP contribution is -2.25. The lowest BCUT2D eigenvalue weighted by atomic mass is 10.2. The Morgan fingerprint density at radius 1 is 1.16 bits per heavy atom. The number of hydrogen-bond acceptors (Lipinski definition) is 3. The third-order valence-corrected chi connectivity index (χ3v) is 4.41. The zero-order valence-electron chi connectivity index (χ0n) is 13.8. The molecule has 1 saturated carbocycles. The number of carbonyl (C=O) groups is 2. The molecular formula is C19H19BrN2O3. The van der Waals surface area contributed by atoms with Crippen LogP contribution < -0.4 is 15.4 Å². The molecule has 130 valence electrons. The van der Waals surface area contributed by atoms with Gasteiger partial charge in [-0.05, 0) is 77.7 Å².